The second-order valence-electron chi connectivity index (χ2n) is 4.91. The normalized spacial score (nSPS) is 16.0. The van der Waals surface area contributed by atoms with Gasteiger partial charge < -0.3 is 10.4 Å². The molecule has 0 saturated carbocycles. The van der Waals surface area contributed by atoms with E-state index in [-0.39, 0.29) is 6.04 Å². The van der Waals surface area contributed by atoms with Gasteiger partial charge >= 0.3 is 0 Å². The van der Waals surface area contributed by atoms with E-state index in [4.69, 9.17) is 0 Å². The molecule has 0 bridgehead atoms. The molecular formula is C16H25NO. The summed E-state index contributed by atoms with van der Waals surface area (Å²) in [5.41, 5.74) is 2.30. The van der Waals surface area contributed by atoms with Crippen molar-refractivity contribution in [3.63, 3.8) is 0 Å². The molecule has 0 radical (unpaired) electrons. The molecule has 100 valence electrons. The summed E-state index contributed by atoms with van der Waals surface area (Å²) in [6.45, 7) is 10.8. The van der Waals surface area contributed by atoms with Gasteiger partial charge in [0.25, 0.3) is 0 Å². The van der Waals surface area contributed by atoms with Crippen LogP contribution in [-0.4, -0.2) is 17.7 Å². The summed E-state index contributed by atoms with van der Waals surface area (Å²) in [7, 11) is 0. The Kier molecular flexibility index (Phi) is 6.10. The smallest absolute Gasteiger partial charge is 0.0940 e. The fraction of sp³-hybridized carbons (Fsp3) is 0.500. The molecule has 1 aromatic rings. The summed E-state index contributed by atoms with van der Waals surface area (Å²) in [6.07, 6.45) is 2.46. The molecule has 0 fully saturated rings. The minimum atomic E-state index is -0.476. The molecule has 2 heteroatoms. The highest BCUT2D eigenvalue weighted by Gasteiger charge is 2.15. The van der Waals surface area contributed by atoms with Gasteiger partial charge in [-0.1, -0.05) is 44.2 Å². The van der Waals surface area contributed by atoms with Crippen LogP contribution in [0.15, 0.2) is 36.9 Å². The van der Waals surface area contributed by atoms with Gasteiger partial charge in [-0.2, -0.15) is 0 Å². The van der Waals surface area contributed by atoms with Crippen LogP contribution in [0.3, 0.4) is 0 Å². The zero-order valence-corrected chi connectivity index (χ0v) is 11.7. The summed E-state index contributed by atoms with van der Waals surface area (Å²) in [5, 5.41) is 13.4. The van der Waals surface area contributed by atoms with E-state index in [9.17, 15) is 5.11 Å². The number of aliphatic hydroxyl groups is 1. The van der Waals surface area contributed by atoms with Crippen LogP contribution in [0, 0.1) is 0 Å². The third-order valence-corrected chi connectivity index (χ3v) is 3.52. The molecule has 3 unspecified atom stereocenters. The molecule has 18 heavy (non-hydrogen) atoms. The van der Waals surface area contributed by atoms with Crippen molar-refractivity contribution in [3.05, 3.63) is 48.0 Å². The Morgan fingerprint density at radius 3 is 2.28 bits per heavy atom. The van der Waals surface area contributed by atoms with Crippen LogP contribution in [0.25, 0.3) is 0 Å². The quantitative estimate of drug-likeness (QED) is 0.724. The van der Waals surface area contributed by atoms with E-state index >= 15 is 0 Å². The maximum atomic E-state index is 10.2. The van der Waals surface area contributed by atoms with Gasteiger partial charge in [-0.25, -0.2) is 0 Å². The second kappa shape index (κ2) is 7.34. The molecule has 0 aromatic heterocycles. The zero-order valence-electron chi connectivity index (χ0n) is 11.7. The first-order chi connectivity index (χ1) is 8.60. The van der Waals surface area contributed by atoms with E-state index in [1.54, 1.807) is 6.08 Å². The van der Waals surface area contributed by atoms with Crippen molar-refractivity contribution >= 4 is 0 Å². The van der Waals surface area contributed by atoms with Gasteiger partial charge in [0, 0.05) is 12.6 Å². The molecule has 0 aliphatic heterocycles. The molecule has 2 N–H and O–H groups in total. The van der Waals surface area contributed by atoms with Gasteiger partial charge in [0.2, 0.25) is 0 Å². The van der Waals surface area contributed by atoms with Crippen LogP contribution in [0.1, 0.15) is 50.3 Å². The fourth-order valence-electron chi connectivity index (χ4n) is 1.93. The summed E-state index contributed by atoms with van der Waals surface area (Å²) < 4.78 is 0. The lowest BCUT2D eigenvalue weighted by atomic mass is 9.95. The monoisotopic (exact) mass is 247 g/mol. The van der Waals surface area contributed by atoms with Crippen LogP contribution in [0.2, 0.25) is 0 Å². The Morgan fingerprint density at radius 1 is 1.22 bits per heavy atom. The first-order valence-electron chi connectivity index (χ1n) is 6.72. The predicted octanol–water partition coefficient (Wildman–Crippen LogP) is 3.40. The Hall–Kier alpha value is -1.12. The molecule has 0 amide bonds. The molecule has 0 aliphatic rings. The molecular weight excluding hydrogens is 222 g/mol. The minimum absolute atomic E-state index is 0.0254. The number of aliphatic hydroxyl groups excluding tert-OH is 1. The van der Waals surface area contributed by atoms with E-state index in [2.05, 4.69) is 37.9 Å². The van der Waals surface area contributed by atoms with Gasteiger partial charge in [-0.3, -0.25) is 0 Å². The summed E-state index contributed by atoms with van der Waals surface area (Å²) >= 11 is 0. The van der Waals surface area contributed by atoms with Gasteiger partial charge in [0.15, 0.2) is 0 Å². The molecule has 0 aliphatic carbocycles. The topological polar surface area (TPSA) is 32.3 Å². The Bertz CT molecular complexity index is 358. The molecule has 1 aromatic carbocycles. The third-order valence-electron chi connectivity index (χ3n) is 3.52. The highest BCUT2D eigenvalue weighted by atomic mass is 16.3. The Labute approximate surface area is 111 Å². The maximum Gasteiger partial charge on any atom is 0.0940 e. The van der Waals surface area contributed by atoms with Crippen molar-refractivity contribution in [1.82, 2.24) is 5.32 Å². The molecule has 1 rings (SSSR count). The lowest BCUT2D eigenvalue weighted by Gasteiger charge is -2.20. The van der Waals surface area contributed by atoms with Crippen molar-refractivity contribution in [2.45, 2.75) is 45.3 Å². The molecule has 0 heterocycles. The van der Waals surface area contributed by atoms with Crippen LogP contribution in [0.5, 0.6) is 0 Å². The minimum Gasteiger partial charge on any atom is -0.387 e. The molecule has 0 saturated heterocycles. The predicted molar refractivity (Wildman–Crippen MR) is 77.8 cm³/mol. The van der Waals surface area contributed by atoms with E-state index < -0.39 is 6.10 Å². The largest absolute Gasteiger partial charge is 0.387 e. The molecule has 3 atom stereocenters. The van der Waals surface area contributed by atoms with E-state index in [0.717, 1.165) is 12.0 Å². The lowest BCUT2D eigenvalue weighted by Crippen LogP contribution is -2.32. The van der Waals surface area contributed by atoms with Crippen molar-refractivity contribution < 1.29 is 5.11 Å². The lowest BCUT2D eigenvalue weighted by molar-refractivity contribution is 0.138. The average molecular weight is 247 g/mol. The van der Waals surface area contributed by atoms with Crippen molar-refractivity contribution in [3.8, 4) is 0 Å². The Morgan fingerprint density at radius 2 is 1.78 bits per heavy atom. The number of hydrogen-bond donors (Lipinski definition) is 2. The van der Waals surface area contributed by atoms with Crippen LogP contribution in [-0.2, 0) is 0 Å². The highest BCUT2D eigenvalue weighted by Crippen LogP contribution is 2.22. The average Bonchev–Trinajstić information content (AvgIpc) is 2.43. The highest BCUT2D eigenvalue weighted by molar-refractivity contribution is 5.27. The summed E-state index contributed by atoms with van der Waals surface area (Å²) in [4.78, 5) is 0. The first-order valence-corrected chi connectivity index (χ1v) is 6.72. The van der Waals surface area contributed by atoms with Crippen LogP contribution in [0.4, 0.5) is 0 Å². The fourth-order valence-corrected chi connectivity index (χ4v) is 1.93. The van der Waals surface area contributed by atoms with Crippen molar-refractivity contribution in [2.75, 3.05) is 6.54 Å². The van der Waals surface area contributed by atoms with Crippen LogP contribution < -0.4 is 5.32 Å². The summed E-state index contributed by atoms with van der Waals surface area (Å²) in [6, 6.07) is 8.31. The standard InChI is InChI=1S/C16H25NO/c1-5-11-17-13(4)16(18)15-9-7-14(8-10-15)12(3)6-2/h5,7-10,12-13,16-18H,1,6,11H2,2-4H3. The third kappa shape index (κ3) is 3.97. The number of rotatable bonds is 7. The maximum absolute atomic E-state index is 10.2. The number of nitrogens with one attached hydrogen (secondary N) is 1. The van der Waals surface area contributed by atoms with Crippen LogP contribution >= 0.6 is 0 Å². The van der Waals surface area contributed by atoms with Gasteiger partial charge in [-0.05, 0) is 30.4 Å². The van der Waals surface area contributed by atoms with E-state index in [1.807, 2.05) is 19.1 Å². The number of benzene rings is 1. The first kappa shape index (κ1) is 14.9. The van der Waals surface area contributed by atoms with E-state index in [0.29, 0.717) is 12.5 Å². The van der Waals surface area contributed by atoms with Gasteiger partial charge in [0.05, 0.1) is 6.10 Å². The van der Waals surface area contributed by atoms with Gasteiger partial charge in [-0.15, -0.1) is 6.58 Å². The SMILES string of the molecule is C=CCNC(C)C(O)c1ccc(C(C)CC)cc1. The number of hydrogen-bond acceptors (Lipinski definition) is 2. The second-order valence-corrected chi connectivity index (χ2v) is 4.91. The van der Waals surface area contributed by atoms with Gasteiger partial charge in [0.1, 0.15) is 0 Å². The summed E-state index contributed by atoms with van der Waals surface area (Å²) in [5.74, 6) is 0.576. The Balaban J connectivity index is 2.69. The zero-order chi connectivity index (χ0) is 13.5. The molecule has 0 spiro atoms. The van der Waals surface area contributed by atoms with Crippen molar-refractivity contribution in [1.29, 1.82) is 0 Å². The van der Waals surface area contributed by atoms with Crippen molar-refractivity contribution in [2.24, 2.45) is 0 Å². The van der Waals surface area contributed by atoms with E-state index in [1.165, 1.54) is 5.56 Å². The molecule has 2 nitrogen and oxygen atoms in total.